The predicted octanol–water partition coefficient (Wildman–Crippen LogP) is 3.96. The van der Waals surface area contributed by atoms with Gasteiger partial charge in [-0.15, -0.1) is 0 Å². The van der Waals surface area contributed by atoms with Crippen LogP contribution >= 0.6 is 11.6 Å². The van der Waals surface area contributed by atoms with E-state index in [2.05, 4.69) is 0 Å². The standard InChI is InChI=1S/C17H19ClFNO2/c1-21-17-10-12(4-3-9-20)7-8-16(17)22-11-13-14(18)5-2-6-15(13)19/h2,5-8,10H,3-4,9,11,20H2,1H3. The van der Waals surface area contributed by atoms with Crippen LogP contribution in [-0.2, 0) is 13.0 Å². The van der Waals surface area contributed by atoms with Gasteiger partial charge in [0.05, 0.1) is 12.1 Å². The average Bonchev–Trinajstić information content (AvgIpc) is 2.53. The summed E-state index contributed by atoms with van der Waals surface area (Å²) in [4.78, 5) is 0. The predicted molar refractivity (Wildman–Crippen MR) is 86.1 cm³/mol. The molecule has 0 unspecified atom stereocenters. The molecule has 0 radical (unpaired) electrons. The molecule has 0 spiro atoms. The number of nitrogens with two attached hydrogens (primary N) is 1. The van der Waals surface area contributed by atoms with Crippen molar-refractivity contribution in [2.24, 2.45) is 5.73 Å². The van der Waals surface area contributed by atoms with Crippen molar-refractivity contribution >= 4 is 11.6 Å². The second-order valence-electron chi connectivity index (χ2n) is 4.87. The highest BCUT2D eigenvalue weighted by molar-refractivity contribution is 6.31. The van der Waals surface area contributed by atoms with Crippen LogP contribution in [0.4, 0.5) is 4.39 Å². The molecule has 0 aliphatic rings. The lowest BCUT2D eigenvalue weighted by atomic mass is 10.1. The molecule has 2 rings (SSSR count). The lowest BCUT2D eigenvalue weighted by Gasteiger charge is -2.13. The second-order valence-corrected chi connectivity index (χ2v) is 5.27. The molecule has 0 fully saturated rings. The first-order valence-electron chi connectivity index (χ1n) is 7.08. The number of hydrogen-bond donors (Lipinski definition) is 1. The average molecular weight is 324 g/mol. The van der Waals surface area contributed by atoms with E-state index in [9.17, 15) is 4.39 Å². The highest BCUT2D eigenvalue weighted by Gasteiger charge is 2.10. The van der Waals surface area contributed by atoms with Crippen molar-refractivity contribution < 1.29 is 13.9 Å². The fourth-order valence-corrected chi connectivity index (χ4v) is 2.33. The third kappa shape index (κ3) is 4.12. The van der Waals surface area contributed by atoms with E-state index in [-0.39, 0.29) is 12.4 Å². The smallest absolute Gasteiger partial charge is 0.161 e. The van der Waals surface area contributed by atoms with Gasteiger partial charge in [0, 0.05) is 5.56 Å². The molecular formula is C17H19ClFNO2. The minimum atomic E-state index is -0.383. The van der Waals surface area contributed by atoms with Crippen molar-refractivity contribution in [2.45, 2.75) is 19.4 Å². The Morgan fingerprint density at radius 1 is 1.18 bits per heavy atom. The third-order valence-electron chi connectivity index (χ3n) is 3.33. The van der Waals surface area contributed by atoms with E-state index in [0.717, 1.165) is 18.4 Å². The van der Waals surface area contributed by atoms with Crippen molar-refractivity contribution in [2.75, 3.05) is 13.7 Å². The van der Waals surface area contributed by atoms with Gasteiger partial charge in [-0.3, -0.25) is 0 Å². The van der Waals surface area contributed by atoms with Crippen LogP contribution in [0.2, 0.25) is 5.02 Å². The molecule has 0 atom stereocenters. The van der Waals surface area contributed by atoms with E-state index in [0.29, 0.717) is 28.6 Å². The molecule has 0 aromatic heterocycles. The minimum absolute atomic E-state index is 0.0456. The Bertz CT molecular complexity index is 614. The lowest BCUT2D eigenvalue weighted by Crippen LogP contribution is -2.02. The highest BCUT2D eigenvalue weighted by Crippen LogP contribution is 2.30. The normalized spacial score (nSPS) is 10.5. The van der Waals surface area contributed by atoms with Gasteiger partial charge in [-0.2, -0.15) is 0 Å². The number of aryl methyl sites for hydroxylation is 1. The summed E-state index contributed by atoms with van der Waals surface area (Å²) in [6.45, 7) is 0.691. The van der Waals surface area contributed by atoms with Crippen LogP contribution in [0.1, 0.15) is 17.5 Å². The van der Waals surface area contributed by atoms with E-state index in [1.165, 1.54) is 6.07 Å². The zero-order valence-electron chi connectivity index (χ0n) is 12.4. The van der Waals surface area contributed by atoms with E-state index in [1.807, 2.05) is 18.2 Å². The first kappa shape index (κ1) is 16.6. The SMILES string of the molecule is COc1cc(CCCN)ccc1OCc1c(F)cccc1Cl. The molecule has 0 amide bonds. The van der Waals surface area contributed by atoms with Gasteiger partial charge in [-0.25, -0.2) is 4.39 Å². The summed E-state index contributed by atoms with van der Waals surface area (Å²) in [5.41, 5.74) is 6.97. The lowest BCUT2D eigenvalue weighted by molar-refractivity contribution is 0.279. The summed E-state index contributed by atoms with van der Waals surface area (Å²) < 4.78 is 24.7. The van der Waals surface area contributed by atoms with Gasteiger partial charge >= 0.3 is 0 Å². The number of methoxy groups -OCH3 is 1. The fourth-order valence-electron chi connectivity index (χ4n) is 2.11. The topological polar surface area (TPSA) is 44.5 Å². The molecule has 5 heteroatoms. The molecule has 3 nitrogen and oxygen atoms in total. The van der Waals surface area contributed by atoms with Gasteiger partial charge in [0.1, 0.15) is 12.4 Å². The van der Waals surface area contributed by atoms with Gasteiger partial charge in [0.2, 0.25) is 0 Å². The van der Waals surface area contributed by atoms with E-state index < -0.39 is 0 Å². The Labute approximate surface area is 134 Å². The molecule has 0 aliphatic heterocycles. The molecule has 0 bridgehead atoms. The molecular weight excluding hydrogens is 305 g/mol. The Morgan fingerprint density at radius 2 is 2.00 bits per heavy atom. The Morgan fingerprint density at radius 3 is 2.68 bits per heavy atom. The van der Waals surface area contributed by atoms with Crippen molar-refractivity contribution in [3.8, 4) is 11.5 Å². The Kier molecular flexibility index (Phi) is 6.04. The van der Waals surface area contributed by atoms with Crippen LogP contribution in [0, 0.1) is 5.82 Å². The monoisotopic (exact) mass is 323 g/mol. The zero-order chi connectivity index (χ0) is 15.9. The van der Waals surface area contributed by atoms with Gasteiger partial charge in [0.15, 0.2) is 11.5 Å². The van der Waals surface area contributed by atoms with Gasteiger partial charge in [-0.1, -0.05) is 23.7 Å². The van der Waals surface area contributed by atoms with Gasteiger partial charge in [-0.05, 0) is 49.2 Å². The zero-order valence-corrected chi connectivity index (χ0v) is 13.2. The van der Waals surface area contributed by atoms with Crippen LogP contribution in [0.25, 0.3) is 0 Å². The molecule has 2 aromatic carbocycles. The highest BCUT2D eigenvalue weighted by atomic mass is 35.5. The van der Waals surface area contributed by atoms with Crippen LogP contribution < -0.4 is 15.2 Å². The Hall–Kier alpha value is -1.78. The molecule has 2 aromatic rings. The summed E-state index contributed by atoms with van der Waals surface area (Å²) in [6.07, 6.45) is 1.79. The summed E-state index contributed by atoms with van der Waals surface area (Å²) in [5, 5.41) is 0.346. The van der Waals surface area contributed by atoms with Crippen LogP contribution in [0.5, 0.6) is 11.5 Å². The summed E-state index contributed by atoms with van der Waals surface area (Å²) >= 11 is 5.99. The van der Waals surface area contributed by atoms with Crippen molar-refractivity contribution in [1.82, 2.24) is 0 Å². The molecule has 2 N–H and O–H groups in total. The number of benzene rings is 2. The maximum absolute atomic E-state index is 13.7. The van der Waals surface area contributed by atoms with Crippen LogP contribution in [0.3, 0.4) is 0 Å². The number of rotatable bonds is 7. The second kappa shape index (κ2) is 8.01. The maximum atomic E-state index is 13.7. The molecule has 0 aliphatic carbocycles. The van der Waals surface area contributed by atoms with E-state index in [1.54, 1.807) is 19.2 Å². The summed E-state index contributed by atoms with van der Waals surface area (Å²) in [5.74, 6) is 0.784. The summed E-state index contributed by atoms with van der Waals surface area (Å²) in [7, 11) is 1.57. The molecule has 118 valence electrons. The van der Waals surface area contributed by atoms with Crippen molar-refractivity contribution in [3.63, 3.8) is 0 Å². The van der Waals surface area contributed by atoms with Gasteiger partial charge in [0.25, 0.3) is 0 Å². The van der Waals surface area contributed by atoms with Crippen molar-refractivity contribution in [3.05, 3.63) is 58.4 Å². The first-order valence-corrected chi connectivity index (χ1v) is 7.46. The maximum Gasteiger partial charge on any atom is 0.161 e. The molecule has 0 saturated carbocycles. The largest absolute Gasteiger partial charge is 0.493 e. The third-order valence-corrected chi connectivity index (χ3v) is 3.69. The molecule has 0 saturated heterocycles. The van der Waals surface area contributed by atoms with Crippen LogP contribution in [0.15, 0.2) is 36.4 Å². The summed E-state index contributed by atoms with van der Waals surface area (Å²) in [6, 6.07) is 10.2. The van der Waals surface area contributed by atoms with Crippen molar-refractivity contribution in [1.29, 1.82) is 0 Å². The molecule has 0 heterocycles. The number of halogens is 2. The quantitative estimate of drug-likeness (QED) is 0.839. The number of hydrogen-bond acceptors (Lipinski definition) is 3. The van der Waals surface area contributed by atoms with E-state index in [4.69, 9.17) is 26.8 Å². The van der Waals surface area contributed by atoms with Gasteiger partial charge < -0.3 is 15.2 Å². The minimum Gasteiger partial charge on any atom is -0.493 e. The fraction of sp³-hybridized carbons (Fsp3) is 0.294. The molecule has 22 heavy (non-hydrogen) atoms. The van der Waals surface area contributed by atoms with E-state index >= 15 is 0 Å². The number of ether oxygens (including phenoxy) is 2. The first-order chi connectivity index (χ1) is 10.7. The Balaban J connectivity index is 2.12. The van der Waals surface area contributed by atoms with Crippen LogP contribution in [-0.4, -0.2) is 13.7 Å².